The van der Waals surface area contributed by atoms with E-state index >= 15 is 0 Å². The topological polar surface area (TPSA) is 115 Å². The minimum atomic E-state index is -0.556. The molecule has 2 aliphatic rings. The molecule has 38 heavy (non-hydrogen) atoms. The molecule has 1 atom stereocenters. The molecular formula is C27H29ClN6O4. The first kappa shape index (κ1) is 25.7. The fourth-order valence-electron chi connectivity index (χ4n) is 4.53. The summed E-state index contributed by atoms with van der Waals surface area (Å²) in [5, 5.41) is 0.444. The number of nitrogens with two attached hydrogens (primary N) is 1. The van der Waals surface area contributed by atoms with Crippen molar-refractivity contribution < 1.29 is 19.0 Å². The van der Waals surface area contributed by atoms with Crippen LogP contribution in [-0.2, 0) is 11.4 Å². The molecule has 0 spiro atoms. The number of fused-ring (bicyclic) bond motifs is 1. The van der Waals surface area contributed by atoms with Gasteiger partial charge in [-0.1, -0.05) is 11.6 Å². The summed E-state index contributed by atoms with van der Waals surface area (Å²) < 4.78 is 17.8. The molecule has 0 saturated carbocycles. The molecule has 3 heterocycles. The smallest absolute Gasteiger partial charge is 0.219 e. The number of hydrogen-bond donors (Lipinski definition) is 1. The summed E-state index contributed by atoms with van der Waals surface area (Å²) in [4.78, 5) is 28.1. The number of carbonyl (C=O) groups excluding carboxylic acids is 1. The molecule has 11 heteroatoms. The molecule has 198 valence electrons. The lowest BCUT2D eigenvalue weighted by Crippen LogP contribution is -2.40. The van der Waals surface area contributed by atoms with Gasteiger partial charge in [0.15, 0.2) is 11.5 Å². The third-order valence-corrected chi connectivity index (χ3v) is 6.90. The van der Waals surface area contributed by atoms with Gasteiger partial charge in [-0.3, -0.25) is 19.8 Å². The fraction of sp³-hybridized carbons (Fsp3) is 0.333. The van der Waals surface area contributed by atoms with Gasteiger partial charge < -0.3 is 29.7 Å². The molecule has 1 unspecified atom stereocenters. The maximum Gasteiger partial charge on any atom is 0.219 e. The second-order valence-electron chi connectivity index (χ2n) is 9.06. The van der Waals surface area contributed by atoms with E-state index in [2.05, 4.69) is 15.0 Å². The van der Waals surface area contributed by atoms with E-state index in [0.717, 1.165) is 29.8 Å². The largest absolute Gasteiger partial charge is 0.493 e. The Kier molecular flexibility index (Phi) is 7.62. The van der Waals surface area contributed by atoms with Crippen LogP contribution in [0.25, 0.3) is 0 Å². The van der Waals surface area contributed by atoms with Gasteiger partial charge in [-0.15, -0.1) is 0 Å². The fourth-order valence-corrected chi connectivity index (χ4v) is 4.76. The van der Waals surface area contributed by atoms with Crippen LogP contribution >= 0.6 is 11.6 Å². The average molecular weight is 537 g/mol. The molecule has 2 N–H and O–H groups in total. The summed E-state index contributed by atoms with van der Waals surface area (Å²) in [7, 11) is 1.61. The second-order valence-corrected chi connectivity index (χ2v) is 9.47. The Hall–Kier alpha value is -3.89. The first-order valence-electron chi connectivity index (χ1n) is 12.3. The number of aliphatic imine (C=N–C) groups is 1. The van der Waals surface area contributed by atoms with Gasteiger partial charge in [-0.2, -0.15) is 0 Å². The van der Waals surface area contributed by atoms with Crippen molar-refractivity contribution in [2.45, 2.75) is 38.6 Å². The molecule has 2 aromatic carbocycles. The number of nitrogens with zero attached hydrogens (tertiary/aromatic N) is 5. The van der Waals surface area contributed by atoms with Crippen molar-refractivity contribution in [2.24, 2.45) is 10.7 Å². The van der Waals surface area contributed by atoms with Gasteiger partial charge in [0.25, 0.3) is 0 Å². The van der Waals surface area contributed by atoms with E-state index in [1.807, 2.05) is 28.0 Å². The number of halogens is 1. The van der Waals surface area contributed by atoms with Crippen LogP contribution in [0.4, 0.5) is 11.4 Å². The van der Waals surface area contributed by atoms with Crippen LogP contribution in [0.2, 0.25) is 5.02 Å². The minimum absolute atomic E-state index is 0.0230. The van der Waals surface area contributed by atoms with Gasteiger partial charge >= 0.3 is 0 Å². The highest BCUT2D eigenvalue weighted by atomic mass is 35.5. The number of benzene rings is 2. The highest BCUT2D eigenvalue weighted by Gasteiger charge is 2.27. The first-order chi connectivity index (χ1) is 18.4. The Bertz CT molecular complexity index is 1330. The van der Waals surface area contributed by atoms with Crippen molar-refractivity contribution in [1.29, 1.82) is 0 Å². The molecule has 0 aliphatic carbocycles. The van der Waals surface area contributed by atoms with Crippen molar-refractivity contribution in [3.8, 4) is 17.2 Å². The number of amides is 1. The maximum atomic E-state index is 11.7. The lowest BCUT2D eigenvalue weighted by Gasteiger charge is -2.33. The second kappa shape index (κ2) is 11.2. The van der Waals surface area contributed by atoms with Crippen molar-refractivity contribution in [3.05, 3.63) is 65.2 Å². The average Bonchev–Trinajstić information content (AvgIpc) is 2.93. The highest BCUT2D eigenvalue weighted by Crippen LogP contribution is 2.43. The van der Waals surface area contributed by atoms with Crippen molar-refractivity contribution in [2.75, 3.05) is 25.1 Å². The van der Waals surface area contributed by atoms with Crippen molar-refractivity contribution >= 4 is 35.2 Å². The van der Waals surface area contributed by atoms with Crippen LogP contribution in [0, 0.1) is 0 Å². The molecule has 1 fully saturated rings. The number of aromatic nitrogens is 2. The number of methoxy groups -OCH3 is 1. The number of hydrogen-bond acceptors (Lipinski definition) is 9. The lowest BCUT2D eigenvalue weighted by molar-refractivity contribution is -0.130. The number of piperidine rings is 1. The molecule has 0 radical (unpaired) electrons. The van der Waals surface area contributed by atoms with Crippen LogP contribution < -0.4 is 24.8 Å². The molecule has 1 aromatic heterocycles. The van der Waals surface area contributed by atoms with Crippen LogP contribution in [0.3, 0.4) is 0 Å². The zero-order chi connectivity index (χ0) is 26.6. The third kappa shape index (κ3) is 5.51. The van der Waals surface area contributed by atoms with E-state index in [4.69, 9.17) is 31.5 Å². The Morgan fingerprint density at radius 1 is 1.13 bits per heavy atom. The number of ether oxygens (including phenoxy) is 3. The van der Waals surface area contributed by atoms with E-state index in [1.165, 1.54) is 0 Å². The lowest BCUT2D eigenvalue weighted by atomic mass is 10.0. The molecule has 1 amide bonds. The molecule has 1 saturated heterocycles. The quantitative estimate of drug-likeness (QED) is 0.476. The molecule has 5 rings (SSSR count). The van der Waals surface area contributed by atoms with Gasteiger partial charge in [0.05, 0.1) is 36.0 Å². The number of likely N-dealkylation sites (tertiary alicyclic amines) is 1. The number of anilines is 2. The van der Waals surface area contributed by atoms with Gasteiger partial charge in [-0.05, 0) is 24.3 Å². The van der Waals surface area contributed by atoms with E-state index in [-0.39, 0.29) is 18.6 Å². The van der Waals surface area contributed by atoms with E-state index in [1.54, 1.807) is 51.1 Å². The number of carbonyl (C=O) groups is 1. The zero-order valence-corrected chi connectivity index (χ0v) is 22.0. The number of rotatable bonds is 7. The summed E-state index contributed by atoms with van der Waals surface area (Å²) in [6.45, 7) is 3.19. The summed E-state index contributed by atoms with van der Waals surface area (Å²) in [6.07, 6.45) is 7.47. The van der Waals surface area contributed by atoms with Crippen LogP contribution in [0.1, 0.15) is 37.2 Å². The maximum absolute atomic E-state index is 11.7. The summed E-state index contributed by atoms with van der Waals surface area (Å²) in [6, 6.07) is 9.29. The Balaban J connectivity index is 1.36. The van der Waals surface area contributed by atoms with E-state index in [9.17, 15) is 4.79 Å². The van der Waals surface area contributed by atoms with Gasteiger partial charge in [0.1, 0.15) is 24.6 Å². The van der Waals surface area contributed by atoms with E-state index < -0.39 is 6.17 Å². The zero-order valence-electron chi connectivity index (χ0n) is 21.2. The minimum Gasteiger partial charge on any atom is -0.493 e. The van der Waals surface area contributed by atoms with Gasteiger partial charge in [0, 0.05) is 62.6 Å². The first-order valence-corrected chi connectivity index (χ1v) is 12.7. The Labute approximate surface area is 226 Å². The standard InChI is InChI=1S/C27H29ClN6O4/c1-17(35)33-9-5-20(6-10-33)38-26-12-21-23(13-25(26)36-2)34(16-32-27(21)29)19-3-4-24(22(28)11-19)37-15-18-14-30-7-8-31-18/h3-4,7-8,11-14,16,20,27H,5-6,9-10,15,29H2,1-2H3. The monoisotopic (exact) mass is 536 g/mol. The summed E-state index contributed by atoms with van der Waals surface area (Å²) >= 11 is 6.57. The Morgan fingerprint density at radius 3 is 2.63 bits per heavy atom. The third-order valence-electron chi connectivity index (χ3n) is 6.60. The molecule has 2 aliphatic heterocycles. The van der Waals surface area contributed by atoms with Crippen molar-refractivity contribution in [1.82, 2.24) is 14.9 Å². The Morgan fingerprint density at radius 2 is 1.95 bits per heavy atom. The summed E-state index contributed by atoms with van der Waals surface area (Å²) in [5.41, 5.74) is 9.45. The van der Waals surface area contributed by atoms with E-state index in [0.29, 0.717) is 41.1 Å². The van der Waals surface area contributed by atoms with Crippen LogP contribution in [-0.4, -0.2) is 53.4 Å². The normalized spacial score (nSPS) is 17.2. The van der Waals surface area contributed by atoms with Gasteiger partial charge in [-0.25, -0.2) is 0 Å². The molecule has 0 bridgehead atoms. The van der Waals surface area contributed by atoms with Gasteiger partial charge in [0.2, 0.25) is 5.91 Å². The predicted octanol–water partition coefficient (Wildman–Crippen LogP) is 4.24. The molecule has 3 aromatic rings. The predicted molar refractivity (Wildman–Crippen MR) is 144 cm³/mol. The SMILES string of the molecule is COc1cc2c(cc1OC1CCN(C(C)=O)CC1)C(N)N=CN2c1ccc(OCc2cnccn2)c(Cl)c1. The van der Waals surface area contributed by atoms with Crippen LogP contribution in [0.5, 0.6) is 17.2 Å². The highest BCUT2D eigenvalue weighted by molar-refractivity contribution is 6.32. The van der Waals surface area contributed by atoms with Crippen molar-refractivity contribution in [3.63, 3.8) is 0 Å². The molecular weight excluding hydrogens is 508 g/mol. The van der Waals surface area contributed by atoms with Crippen LogP contribution in [0.15, 0.2) is 53.9 Å². The summed E-state index contributed by atoms with van der Waals surface area (Å²) in [5.74, 6) is 1.80. The molecule has 10 nitrogen and oxygen atoms in total.